The monoisotopic (exact) mass is 290 g/mol. The number of rotatable bonds is 5. The molecule has 3 N–H and O–H groups in total. The number of benzene rings is 1. The van der Waals surface area contributed by atoms with Crippen molar-refractivity contribution in [2.45, 2.75) is 25.8 Å². The van der Waals surface area contributed by atoms with Crippen LogP contribution in [0.3, 0.4) is 0 Å². The van der Waals surface area contributed by atoms with Gasteiger partial charge in [-0.25, -0.2) is 0 Å². The molecule has 1 aliphatic heterocycles. The molecule has 1 heterocycles. The number of anilines is 2. The van der Waals surface area contributed by atoms with Gasteiger partial charge in [-0.3, -0.25) is 9.69 Å². The standard InChI is InChI=1S/C16H26N4O/c1-12-14(17)7-4-8-15(12)18-16(21)11-19(2)10-13-6-5-9-20(13)3/h4,7-8,13H,5-6,9-11,17H2,1-3H3,(H,18,21). The lowest BCUT2D eigenvalue weighted by Gasteiger charge is -2.25. The first-order chi connectivity index (χ1) is 9.97. The van der Waals surface area contributed by atoms with Crippen LogP contribution in [-0.4, -0.2) is 55.5 Å². The molecule has 5 heteroatoms. The SMILES string of the molecule is Cc1c(N)cccc1NC(=O)CN(C)CC1CCCN1C. The van der Waals surface area contributed by atoms with Crippen molar-refractivity contribution in [1.82, 2.24) is 9.80 Å². The second-order valence-electron chi connectivity index (χ2n) is 6.04. The minimum Gasteiger partial charge on any atom is -0.398 e. The Balaban J connectivity index is 1.85. The van der Waals surface area contributed by atoms with Gasteiger partial charge in [-0.05, 0) is 58.1 Å². The highest BCUT2D eigenvalue weighted by Crippen LogP contribution is 2.20. The van der Waals surface area contributed by atoms with Crippen LogP contribution >= 0.6 is 0 Å². The van der Waals surface area contributed by atoms with Gasteiger partial charge in [0.05, 0.1) is 6.54 Å². The third kappa shape index (κ3) is 4.19. The van der Waals surface area contributed by atoms with E-state index in [1.54, 1.807) is 0 Å². The van der Waals surface area contributed by atoms with E-state index in [1.807, 2.05) is 32.2 Å². The highest BCUT2D eigenvalue weighted by atomic mass is 16.2. The summed E-state index contributed by atoms with van der Waals surface area (Å²) in [6, 6.07) is 6.15. The Morgan fingerprint density at radius 3 is 2.95 bits per heavy atom. The number of amides is 1. The van der Waals surface area contributed by atoms with E-state index in [9.17, 15) is 4.79 Å². The first kappa shape index (κ1) is 15.8. The molecule has 1 fully saturated rings. The van der Waals surface area contributed by atoms with Gasteiger partial charge in [-0.15, -0.1) is 0 Å². The number of nitrogens with one attached hydrogen (secondary N) is 1. The third-order valence-electron chi connectivity index (χ3n) is 4.26. The second kappa shape index (κ2) is 6.91. The number of likely N-dealkylation sites (tertiary alicyclic amines) is 1. The lowest BCUT2D eigenvalue weighted by molar-refractivity contribution is -0.117. The fourth-order valence-electron chi connectivity index (χ4n) is 2.86. The number of carbonyl (C=O) groups excluding carboxylic acids is 1. The topological polar surface area (TPSA) is 61.6 Å². The molecule has 1 unspecified atom stereocenters. The Bertz CT molecular complexity index is 503. The van der Waals surface area contributed by atoms with Gasteiger partial charge >= 0.3 is 0 Å². The van der Waals surface area contributed by atoms with E-state index < -0.39 is 0 Å². The number of likely N-dealkylation sites (N-methyl/N-ethyl adjacent to an activating group) is 2. The molecular weight excluding hydrogens is 264 g/mol. The molecule has 1 amide bonds. The summed E-state index contributed by atoms with van der Waals surface area (Å²) < 4.78 is 0. The predicted octanol–water partition coefficient (Wildman–Crippen LogP) is 1.54. The third-order valence-corrected chi connectivity index (χ3v) is 4.26. The molecule has 0 bridgehead atoms. The molecule has 0 saturated carbocycles. The summed E-state index contributed by atoms with van der Waals surface area (Å²) >= 11 is 0. The minimum absolute atomic E-state index is 0.00634. The zero-order valence-corrected chi connectivity index (χ0v) is 13.2. The van der Waals surface area contributed by atoms with E-state index in [0.29, 0.717) is 18.3 Å². The Hall–Kier alpha value is -1.59. The number of nitrogen functional groups attached to an aromatic ring is 1. The van der Waals surface area contributed by atoms with Crippen molar-refractivity contribution in [2.24, 2.45) is 0 Å². The van der Waals surface area contributed by atoms with Crippen molar-refractivity contribution in [1.29, 1.82) is 0 Å². The Labute approximate surface area is 127 Å². The largest absolute Gasteiger partial charge is 0.398 e. The Morgan fingerprint density at radius 2 is 2.29 bits per heavy atom. The highest BCUT2D eigenvalue weighted by molar-refractivity contribution is 5.93. The highest BCUT2D eigenvalue weighted by Gasteiger charge is 2.22. The number of nitrogens with zero attached hydrogens (tertiary/aromatic N) is 2. The van der Waals surface area contributed by atoms with Crippen molar-refractivity contribution < 1.29 is 4.79 Å². The van der Waals surface area contributed by atoms with Gasteiger partial charge in [0, 0.05) is 24.0 Å². The van der Waals surface area contributed by atoms with Gasteiger partial charge in [-0.1, -0.05) is 6.07 Å². The Morgan fingerprint density at radius 1 is 1.52 bits per heavy atom. The van der Waals surface area contributed by atoms with Crippen molar-refractivity contribution in [3.8, 4) is 0 Å². The fourth-order valence-corrected chi connectivity index (χ4v) is 2.86. The summed E-state index contributed by atoms with van der Waals surface area (Å²) in [6.45, 7) is 4.41. The first-order valence-corrected chi connectivity index (χ1v) is 7.51. The van der Waals surface area contributed by atoms with Crippen LogP contribution in [0.2, 0.25) is 0 Å². The van der Waals surface area contributed by atoms with Crippen LogP contribution in [0.15, 0.2) is 18.2 Å². The van der Waals surface area contributed by atoms with Gasteiger partial charge in [0.15, 0.2) is 0 Å². The zero-order valence-electron chi connectivity index (χ0n) is 13.2. The molecule has 0 radical (unpaired) electrons. The molecule has 1 aromatic carbocycles. The first-order valence-electron chi connectivity index (χ1n) is 7.51. The van der Waals surface area contributed by atoms with Crippen LogP contribution in [-0.2, 0) is 4.79 Å². The van der Waals surface area contributed by atoms with E-state index in [-0.39, 0.29) is 5.91 Å². The Kier molecular flexibility index (Phi) is 5.20. The average Bonchev–Trinajstić information content (AvgIpc) is 2.80. The predicted molar refractivity (Wildman–Crippen MR) is 87.4 cm³/mol. The van der Waals surface area contributed by atoms with Crippen molar-refractivity contribution in [2.75, 3.05) is 44.8 Å². The van der Waals surface area contributed by atoms with Crippen LogP contribution in [0.25, 0.3) is 0 Å². The molecule has 0 aromatic heterocycles. The van der Waals surface area contributed by atoms with E-state index in [4.69, 9.17) is 5.73 Å². The van der Waals surface area contributed by atoms with Crippen LogP contribution < -0.4 is 11.1 Å². The van der Waals surface area contributed by atoms with Crippen LogP contribution in [0.4, 0.5) is 11.4 Å². The van der Waals surface area contributed by atoms with Crippen molar-refractivity contribution in [3.05, 3.63) is 23.8 Å². The quantitative estimate of drug-likeness (QED) is 0.808. The normalized spacial score (nSPS) is 19.1. The molecule has 1 aliphatic rings. The maximum Gasteiger partial charge on any atom is 0.238 e. The molecule has 1 saturated heterocycles. The molecular formula is C16H26N4O. The van der Waals surface area contributed by atoms with Crippen molar-refractivity contribution >= 4 is 17.3 Å². The summed E-state index contributed by atoms with van der Waals surface area (Å²) in [5, 5.41) is 2.94. The zero-order chi connectivity index (χ0) is 15.4. The van der Waals surface area contributed by atoms with E-state index in [0.717, 1.165) is 24.3 Å². The van der Waals surface area contributed by atoms with Crippen LogP contribution in [0.1, 0.15) is 18.4 Å². The van der Waals surface area contributed by atoms with E-state index in [2.05, 4.69) is 22.2 Å². The van der Waals surface area contributed by atoms with Crippen molar-refractivity contribution in [3.63, 3.8) is 0 Å². The maximum absolute atomic E-state index is 12.1. The van der Waals surface area contributed by atoms with E-state index >= 15 is 0 Å². The summed E-state index contributed by atoms with van der Waals surface area (Å²) in [4.78, 5) is 16.6. The van der Waals surface area contributed by atoms with Gasteiger partial charge in [-0.2, -0.15) is 0 Å². The minimum atomic E-state index is 0.00634. The van der Waals surface area contributed by atoms with Gasteiger partial charge in [0.25, 0.3) is 0 Å². The molecule has 5 nitrogen and oxygen atoms in total. The number of hydrogen-bond donors (Lipinski definition) is 2. The summed E-state index contributed by atoms with van der Waals surface area (Å²) in [6.07, 6.45) is 2.47. The van der Waals surface area contributed by atoms with Crippen LogP contribution in [0.5, 0.6) is 0 Å². The van der Waals surface area contributed by atoms with E-state index in [1.165, 1.54) is 12.8 Å². The summed E-state index contributed by atoms with van der Waals surface area (Å²) in [7, 11) is 4.15. The maximum atomic E-state index is 12.1. The molecule has 2 rings (SSSR count). The lowest BCUT2D eigenvalue weighted by atomic mass is 10.1. The molecule has 0 aliphatic carbocycles. The number of nitrogens with two attached hydrogens (primary N) is 1. The fraction of sp³-hybridized carbons (Fsp3) is 0.562. The van der Waals surface area contributed by atoms with Gasteiger partial charge < -0.3 is 16.0 Å². The lowest BCUT2D eigenvalue weighted by Crippen LogP contribution is -2.40. The van der Waals surface area contributed by atoms with Gasteiger partial charge in [0.2, 0.25) is 5.91 Å². The van der Waals surface area contributed by atoms with Gasteiger partial charge in [0.1, 0.15) is 0 Å². The molecule has 0 spiro atoms. The molecule has 1 atom stereocenters. The average molecular weight is 290 g/mol. The number of hydrogen-bond acceptors (Lipinski definition) is 4. The summed E-state index contributed by atoms with van der Waals surface area (Å²) in [5.74, 6) is 0.00634. The van der Waals surface area contributed by atoms with Crippen LogP contribution in [0, 0.1) is 6.92 Å². The number of carbonyl (C=O) groups is 1. The molecule has 21 heavy (non-hydrogen) atoms. The smallest absolute Gasteiger partial charge is 0.238 e. The molecule has 116 valence electrons. The second-order valence-corrected chi connectivity index (χ2v) is 6.04. The molecule has 1 aromatic rings. The summed E-state index contributed by atoms with van der Waals surface area (Å²) in [5.41, 5.74) is 8.28.